The van der Waals surface area contributed by atoms with Crippen LogP contribution in [-0.4, -0.2) is 84.7 Å². The smallest absolute Gasteiger partial charge is 0.425 e. The molecule has 0 spiro atoms. The van der Waals surface area contributed by atoms with Crippen LogP contribution in [0.1, 0.15) is 24.1 Å². The van der Waals surface area contributed by atoms with Crippen molar-refractivity contribution in [3.63, 3.8) is 0 Å². The molecule has 8 nitrogen and oxygen atoms in total. The summed E-state index contributed by atoms with van der Waals surface area (Å²) in [6.07, 6.45) is -1.27. The van der Waals surface area contributed by atoms with E-state index < -0.39 is 22.7 Å². The maximum absolute atomic E-state index is 14.2. The van der Waals surface area contributed by atoms with Gasteiger partial charge >= 0.3 is 6.18 Å². The van der Waals surface area contributed by atoms with Crippen LogP contribution < -0.4 is 15.0 Å². The summed E-state index contributed by atoms with van der Waals surface area (Å²) in [5, 5.41) is 13.7. The Hall–Kier alpha value is -3.25. The Labute approximate surface area is 229 Å². The highest BCUT2D eigenvalue weighted by molar-refractivity contribution is 7.10. The summed E-state index contributed by atoms with van der Waals surface area (Å²) >= 11 is 0.511. The number of aliphatic hydroxyl groups excluding tert-OH is 1. The minimum atomic E-state index is -4.52. The number of anilines is 2. The van der Waals surface area contributed by atoms with E-state index in [1.54, 1.807) is 11.0 Å². The molecule has 0 radical (unpaired) electrons. The Kier molecular flexibility index (Phi) is 9.06. The number of halogens is 3. The lowest BCUT2D eigenvalue weighted by atomic mass is 9.80. The van der Waals surface area contributed by atoms with Crippen molar-refractivity contribution >= 4 is 35.0 Å². The van der Waals surface area contributed by atoms with Crippen LogP contribution >= 0.6 is 11.3 Å². The first-order chi connectivity index (χ1) is 18.7. The van der Waals surface area contributed by atoms with Gasteiger partial charge in [0.2, 0.25) is 12.0 Å². The Bertz CT molecular complexity index is 1150. The average molecular weight is 567 g/mol. The van der Waals surface area contributed by atoms with Gasteiger partial charge in [0.1, 0.15) is 10.6 Å². The number of nitrogens with zero attached hydrogens (tertiary/aromatic N) is 3. The van der Waals surface area contributed by atoms with E-state index in [0.29, 0.717) is 63.4 Å². The lowest BCUT2D eigenvalue weighted by molar-refractivity contribution is -0.162. The predicted molar refractivity (Wildman–Crippen MR) is 144 cm³/mol. The van der Waals surface area contributed by atoms with Crippen molar-refractivity contribution in [2.45, 2.75) is 37.1 Å². The van der Waals surface area contributed by atoms with Crippen LogP contribution in [0, 0.1) is 0 Å². The predicted octanol–water partition coefficient (Wildman–Crippen LogP) is 3.83. The number of benzene rings is 1. The third kappa shape index (κ3) is 6.17. The number of hydrogen-bond acceptors (Lipinski definition) is 7. The van der Waals surface area contributed by atoms with Gasteiger partial charge in [0.05, 0.1) is 24.0 Å². The number of hydrogen-bond donors (Lipinski definition) is 2. The molecule has 2 atom stereocenters. The zero-order valence-corrected chi connectivity index (χ0v) is 22.3. The second-order valence-electron chi connectivity index (χ2n) is 9.57. The number of carbonyl (C=O) groups excluding carboxylic acids is 2. The van der Waals surface area contributed by atoms with Crippen LogP contribution in [-0.2, 0) is 15.8 Å². The van der Waals surface area contributed by atoms with Gasteiger partial charge in [-0.25, -0.2) is 0 Å². The molecule has 0 unspecified atom stereocenters. The number of piperazine rings is 1. The van der Waals surface area contributed by atoms with Gasteiger partial charge in [-0.3, -0.25) is 9.59 Å². The van der Waals surface area contributed by atoms with Gasteiger partial charge in [-0.15, -0.1) is 17.9 Å². The molecule has 2 saturated heterocycles. The lowest BCUT2D eigenvalue weighted by Crippen LogP contribution is -2.68. The Morgan fingerprint density at radius 3 is 2.62 bits per heavy atom. The molecule has 2 aromatic rings. The maximum atomic E-state index is 14.2. The Morgan fingerprint density at radius 1 is 1.23 bits per heavy atom. The maximum Gasteiger partial charge on any atom is 0.425 e. The quantitative estimate of drug-likeness (QED) is 0.336. The molecule has 4 rings (SSSR count). The molecule has 1 aromatic carbocycles. The summed E-state index contributed by atoms with van der Waals surface area (Å²) < 4.78 is 46.1. The first-order valence-electron chi connectivity index (χ1n) is 12.9. The summed E-state index contributed by atoms with van der Waals surface area (Å²) in [7, 11) is 0. The third-order valence-corrected chi connectivity index (χ3v) is 8.14. The fourth-order valence-electron chi connectivity index (χ4n) is 5.38. The van der Waals surface area contributed by atoms with Gasteiger partial charge in [-0.05, 0) is 25.0 Å². The molecule has 2 aliphatic heterocycles. The van der Waals surface area contributed by atoms with Crippen LogP contribution in [0.25, 0.3) is 0 Å². The summed E-state index contributed by atoms with van der Waals surface area (Å²) in [5.41, 5.74) is 0.292. The lowest BCUT2D eigenvalue weighted by Gasteiger charge is -2.49. The molecule has 2 N–H and O–H groups in total. The number of aliphatic hydroxyl groups is 1. The molecular formula is C27H33F3N4O4S. The van der Waals surface area contributed by atoms with E-state index in [9.17, 15) is 27.9 Å². The number of rotatable bonds is 10. The second-order valence-corrected chi connectivity index (χ2v) is 10.5. The molecule has 1 aromatic heterocycles. The number of carbonyl (C=O) groups is 2. The van der Waals surface area contributed by atoms with Crippen LogP contribution in [0.5, 0.6) is 5.75 Å². The van der Waals surface area contributed by atoms with E-state index >= 15 is 0 Å². The largest absolute Gasteiger partial charge is 0.474 e. The van der Waals surface area contributed by atoms with Crippen molar-refractivity contribution in [1.29, 1.82) is 0 Å². The summed E-state index contributed by atoms with van der Waals surface area (Å²) in [6.45, 7) is 6.41. The minimum Gasteiger partial charge on any atom is -0.474 e. The van der Waals surface area contributed by atoms with Crippen molar-refractivity contribution in [3.05, 3.63) is 53.2 Å². The molecular weight excluding hydrogens is 533 g/mol. The van der Waals surface area contributed by atoms with E-state index in [0.717, 1.165) is 17.4 Å². The normalized spacial score (nSPS) is 21.9. The number of piperidine rings is 1. The molecule has 0 bridgehead atoms. The van der Waals surface area contributed by atoms with E-state index in [1.165, 1.54) is 10.3 Å². The average Bonchev–Trinajstić information content (AvgIpc) is 3.42. The highest BCUT2D eigenvalue weighted by Crippen LogP contribution is 2.41. The topological polar surface area (TPSA) is 85.4 Å². The first kappa shape index (κ1) is 28.8. The SMILES string of the molecule is C=CC[C@H]1N(C=O)CCC[C@@]1(Oc1csc(C(F)(F)F)c1)C(=O)N1CCN(c2ccccc2NCCO)CC1. The zero-order valence-electron chi connectivity index (χ0n) is 21.5. The van der Waals surface area contributed by atoms with Gasteiger partial charge in [-0.2, -0.15) is 13.2 Å². The van der Waals surface area contributed by atoms with E-state index in [2.05, 4.69) is 16.8 Å². The molecule has 212 valence electrons. The van der Waals surface area contributed by atoms with Crippen molar-refractivity contribution < 1.29 is 32.6 Å². The fourth-order valence-corrected chi connectivity index (χ4v) is 6.05. The number of ether oxygens (including phenoxy) is 1. The van der Waals surface area contributed by atoms with Crippen LogP contribution in [0.15, 0.2) is 48.4 Å². The highest BCUT2D eigenvalue weighted by atomic mass is 32.1. The number of thiophene rings is 1. The number of nitrogens with one attached hydrogen (secondary N) is 1. The number of para-hydroxylation sites is 2. The minimum absolute atomic E-state index is 0.00300. The number of amides is 2. The van der Waals surface area contributed by atoms with Gasteiger partial charge < -0.3 is 29.9 Å². The summed E-state index contributed by atoms with van der Waals surface area (Å²) in [6, 6.07) is 7.94. The van der Waals surface area contributed by atoms with Crippen LogP contribution in [0.2, 0.25) is 0 Å². The van der Waals surface area contributed by atoms with Crippen molar-refractivity contribution in [2.24, 2.45) is 0 Å². The van der Waals surface area contributed by atoms with E-state index in [-0.39, 0.29) is 31.1 Å². The Morgan fingerprint density at radius 2 is 1.97 bits per heavy atom. The number of alkyl halides is 3. The van der Waals surface area contributed by atoms with Gasteiger partial charge in [0, 0.05) is 57.1 Å². The second kappa shape index (κ2) is 12.3. The Balaban J connectivity index is 1.59. The summed E-state index contributed by atoms with van der Waals surface area (Å²) in [4.78, 5) is 30.7. The molecule has 39 heavy (non-hydrogen) atoms. The molecule has 3 heterocycles. The first-order valence-corrected chi connectivity index (χ1v) is 13.8. The van der Waals surface area contributed by atoms with Crippen molar-refractivity contribution in [2.75, 3.05) is 56.1 Å². The highest BCUT2D eigenvalue weighted by Gasteiger charge is 2.54. The molecule has 12 heteroatoms. The molecule has 0 aliphatic carbocycles. The number of likely N-dealkylation sites (tertiary alicyclic amines) is 1. The van der Waals surface area contributed by atoms with E-state index in [1.807, 2.05) is 24.3 Å². The third-order valence-electron chi connectivity index (χ3n) is 7.18. The molecule has 0 saturated carbocycles. The molecule has 2 fully saturated rings. The molecule has 2 amide bonds. The monoisotopic (exact) mass is 566 g/mol. The van der Waals surface area contributed by atoms with Crippen LogP contribution in [0.4, 0.5) is 24.5 Å². The van der Waals surface area contributed by atoms with Gasteiger partial charge in [-0.1, -0.05) is 18.2 Å². The van der Waals surface area contributed by atoms with E-state index in [4.69, 9.17) is 4.74 Å². The summed E-state index contributed by atoms with van der Waals surface area (Å²) in [5.74, 6) is -0.378. The van der Waals surface area contributed by atoms with Crippen molar-refractivity contribution in [3.8, 4) is 5.75 Å². The van der Waals surface area contributed by atoms with Crippen LogP contribution in [0.3, 0.4) is 0 Å². The standard InChI is InChI=1S/C27H33F3N4O4S/c1-2-6-23-26(9-5-11-34(23)19-36,38-20-17-24(39-18-20)27(28,29)30)25(37)33-14-12-32(13-15-33)22-8-4-3-7-21(22)31-10-16-35/h2-4,7-8,17-19,23,31,35H,1,5-6,9-16H2/t23-,26+/m1/s1. The zero-order chi connectivity index (χ0) is 28.0. The van der Waals surface area contributed by atoms with Gasteiger partial charge in [0.15, 0.2) is 0 Å². The fraction of sp³-hybridized carbons (Fsp3) is 0.481. The molecule has 2 aliphatic rings. The van der Waals surface area contributed by atoms with Gasteiger partial charge in [0.25, 0.3) is 5.91 Å². The van der Waals surface area contributed by atoms with Crippen molar-refractivity contribution in [1.82, 2.24) is 9.80 Å².